The summed E-state index contributed by atoms with van der Waals surface area (Å²) in [7, 11) is 1.59. The van der Waals surface area contributed by atoms with E-state index in [1.54, 1.807) is 7.11 Å². The first-order valence-electron chi connectivity index (χ1n) is 6.48. The molecule has 0 atom stereocenters. The number of nitrogens with one attached hydrogen (secondary N) is 1. The zero-order chi connectivity index (χ0) is 14.4. The van der Waals surface area contributed by atoms with E-state index in [0.29, 0.717) is 25.4 Å². The van der Waals surface area contributed by atoms with Crippen LogP contribution in [0.2, 0.25) is 0 Å². The Bertz CT molecular complexity index is 546. The van der Waals surface area contributed by atoms with Crippen LogP contribution in [0.1, 0.15) is 11.1 Å². The Hall–Kier alpha value is -2.03. The number of nitrogens with zero attached hydrogens (tertiary/aromatic N) is 1. The van der Waals surface area contributed by atoms with Crippen LogP contribution < -0.4 is 10.1 Å². The van der Waals surface area contributed by atoms with E-state index in [4.69, 9.17) is 9.84 Å². The average Bonchev–Trinajstić information content (AvgIpc) is 2.45. The number of methoxy groups -OCH3 is 1. The number of hydrogen-bond acceptors (Lipinski definition) is 4. The van der Waals surface area contributed by atoms with Gasteiger partial charge in [0.1, 0.15) is 12.4 Å². The van der Waals surface area contributed by atoms with Gasteiger partial charge in [-0.15, -0.1) is 0 Å². The van der Waals surface area contributed by atoms with Gasteiger partial charge in [0.05, 0.1) is 19.2 Å². The molecule has 0 saturated carbocycles. The maximum atomic E-state index is 11.3. The second-order valence-corrected chi connectivity index (χ2v) is 4.56. The van der Waals surface area contributed by atoms with Gasteiger partial charge >= 0.3 is 0 Å². The van der Waals surface area contributed by atoms with Crippen LogP contribution in [-0.2, 0) is 11.3 Å². The number of rotatable bonds is 3. The van der Waals surface area contributed by atoms with Crippen molar-refractivity contribution < 1.29 is 14.6 Å². The fourth-order valence-electron chi connectivity index (χ4n) is 2.17. The third kappa shape index (κ3) is 3.73. The molecule has 0 aromatic heterocycles. The van der Waals surface area contributed by atoms with Gasteiger partial charge in [0.25, 0.3) is 0 Å². The molecule has 0 spiro atoms. The van der Waals surface area contributed by atoms with Crippen LogP contribution in [0.5, 0.6) is 5.75 Å². The second-order valence-electron chi connectivity index (χ2n) is 4.56. The quantitative estimate of drug-likeness (QED) is 0.760. The molecule has 5 nitrogen and oxygen atoms in total. The SMILES string of the molecule is COc1ccc(CN2CCNC(=O)C2)cc1C#CCO. The largest absolute Gasteiger partial charge is 0.495 e. The highest BCUT2D eigenvalue weighted by Gasteiger charge is 2.16. The van der Waals surface area contributed by atoms with Crippen molar-refractivity contribution in [3.8, 4) is 17.6 Å². The summed E-state index contributed by atoms with van der Waals surface area (Å²) in [4.78, 5) is 13.4. The average molecular weight is 274 g/mol. The zero-order valence-electron chi connectivity index (χ0n) is 11.5. The van der Waals surface area contributed by atoms with Crippen LogP contribution in [0.4, 0.5) is 0 Å². The van der Waals surface area contributed by atoms with Gasteiger partial charge in [0, 0.05) is 19.6 Å². The summed E-state index contributed by atoms with van der Waals surface area (Å²) in [6.07, 6.45) is 0. The molecule has 1 amide bonds. The number of carbonyl (C=O) groups is 1. The lowest BCUT2D eigenvalue weighted by atomic mass is 10.1. The molecule has 20 heavy (non-hydrogen) atoms. The standard InChI is InChI=1S/C15H18N2O3/c1-20-14-5-4-12(9-13(14)3-2-8-18)10-17-7-6-16-15(19)11-17/h4-5,9,18H,6-8,10-11H2,1H3,(H,16,19). The predicted octanol–water partition coefficient (Wildman–Crippen LogP) is -0.0292. The molecule has 0 unspecified atom stereocenters. The Morgan fingerprint density at radius 2 is 2.35 bits per heavy atom. The van der Waals surface area contributed by atoms with Crippen LogP contribution in [0.3, 0.4) is 0 Å². The highest BCUT2D eigenvalue weighted by atomic mass is 16.5. The number of carbonyl (C=O) groups excluding carboxylic acids is 1. The van der Waals surface area contributed by atoms with Crippen LogP contribution in [-0.4, -0.2) is 49.3 Å². The lowest BCUT2D eigenvalue weighted by Gasteiger charge is -2.26. The first kappa shape index (κ1) is 14.4. The summed E-state index contributed by atoms with van der Waals surface area (Å²) in [5.74, 6) is 6.25. The molecule has 0 aliphatic carbocycles. The number of aliphatic hydroxyl groups excluding tert-OH is 1. The molecule has 0 radical (unpaired) electrons. The number of ether oxygens (including phenoxy) is 1. The first-order valence-corrected chi connectivity index (χ1v) is 6.48. The van der Waals surface area contributed by atoms with E-state index in [2.05, 4.69) is 22.1 Å². The minimum atomic E-state index is -0.181. The fourth-order valence-corrected chi connectivity index (χ4v) is 2.17. The number of amides is 1. The zero-order valence-corrected chi connectivity index (χ0v) is 11.5. The predicted molar refractivity (Wildman–Crippen MR) is 75.2 cm³/mol. The molecule has 0 bridgehead atoms. The maximum Gasteiger partial charge on any atom is 0.234 e. The summed E-state index contributed by atoms with van der Waals surface area (Å²) >= 11 is 0. The number of benzene rings is 1. The summed E-state index contributed by atoms with van der Waals surface area (Å²) < 4.78 is 5.24. The van der Waals surface area contributed by atoms with Crippen LogP contribution in [0.15, 0.2) is 18.2 Å². The first-order chi connectivity index (χ1) is 9.72. The van der Waals surface area contributed by atoms with E-state index in [1.807, 2.05) is 18.2 Å². The minimum absolute atomic E-state index is 0.0602. The van der Waals surface area contributed by atoms with Crippen molar-refractivity contribution in [2.75, 3.05) is 33.4 Å². The molecule has 5 heteroatoms. The third-order valence-corrected chi connectivity index (χ3v) is 3.09. The summed E-state index contributed by atoms with van der Waals surface area (Å²) in [6.45, 7) is 2.47. The Labute approximate surface area is 118 Å². The Morgan fingerprint density at radius 3 is 3.05 bits per heavy atom. The Balaban J connectivity index is 2.13. The van der Waals surface area contributed by atoms with Crippen molar-refractivity contribution in [3.63, 3.8) is 0 Å². The number of piperazine rings is 1. The van der Waals surface area contributed by atoms with Crippen LogP contribution >= 0.6 is 0 Å². The number of aliphatic hydroxyl groups is 1. The van der Waals surface area contributed by atoms with Gasteiger partial charge in [0.15, 0.2) is 0 Å². The van der Waals surface area contributed by atoms with Crippen molar-refractivity contribution in [2.45, 2.75) is 6.54 Å². The third-order valence-electron chi connectivity index (χ3n) is 3.09. The Morgan fingerprint density at radius 1 is 1.50 bits per heavy atom. The van der Waals surface area contributed by atoms with Gasteiger partial charge in [0.2, 0.25) is 5.91 Å². The van der Waals surface area contributed by atoms with E-state index < -0.39 is 0 Å². The molecule has 2 rings (SSSR count). The maximum absolute atomic E-state index is 11.3. The molecule has 1 aliphatic rings. The number of hydrogen-bond donors (Lipinski definition) is 2. The monoisotopic (exact) mass is 274 g/mol. The van der Waals surface area contributed by atoms with Gasteiger partial charge < -0.3 is 15.2 Å². The van der Waals surface area contributed by atoms with Crippen LogP contribution in [0.25, 0.3) is 0 Å². The normalized spacial score (nSPS) is 15.2. The van der Waals surface area contributed by atoms with Crippen molar-refractivity contribution in [1.29, 1.82) is 0 Å². The van der Waals surface area contributed by atoms with Gasteiger partial charge in [-0.2, -0.15) is 0 Å². The van der Waals surface area contributed by atoms with E-state index in [1.165, 1.54) is 0 Å². The molecule has 2 N–H and O–H groups in total. The highest BCUT2D eigenvalue weighted by molar-refractivity contribution is 5.78. The van der Waals surface area contributed by atoms with E-state index >= 15 is 0 Å². The van der Waals surface area contributed by atoms with Gasteiger partial charge in [-0.25, -0.2) is 0 Å². The summed E-state index contributed by atoms with van der Waals surface area (Å²) in [5.41, 5.74) is 1.82. The van der Waals surface area contributed by atoms with Gasteiger partial charge in [-0.3, -0.25) is 9.69 Å². The van der Waals surface area contributed by atoms with E-state index in [0.717, 1.165) is 17.7 Å². The van der Waals surface area contributed by atoms with Crippen LogP contribution in [0, 0.1) is 11.8 Å². The van der Waals surface area contributed by atoms with E-state index in [-0.39, 0.29) is 12.5 Å². The summed E-state index contributed by atoms with van der Waals surface area (Å²) in [5, 5.41) is 11.6. The fraction of sp³-hybridized carbons (Fsp3) is 0.400. The van der Waals surface area contributed by atoms with Gasteiger partial charge in [-0.05, 0) is 17.7 Å². The summed E-state index contributed by atoms with van der Waals surface area (Å²) in [6, 6.07) is 5.77. The van der Waals surface area contributed by atoms with E-state index in [9.17, 15) is 4.79 Å². The molecule has 1 fully saturated rings. The molecule has 1 aromatic carbocycles. The molecule has 106 valence electrons. The highest BCUT2D eigenvalue weighted by Crippen LogP contribution is 2.20. The van der Waals surface area contributed by atoms with Gasteiger partial charge in [-0.1, -0.05) is 17.9 Å². The molecular formula is C15H18N2O3. The van der Waals surface area contributed by atoms with Crippen molar-refractivity contribution >= 4 is 5.91 Å². The van der Waals surface area contributed by atoms with Crippen molar-refractivity contribution in [2.24, 2.45) is 0 Å². The second kappa shape index (κ2) is 6.94. The lowest BCUT2D eigenvalue weighted by molar-refractivity contribution is -0.124. The Kier molecular flexibility index (Phi) is 4.99. The lowest BCUT2D eigenvalue weighted by Crippen LogP contribution is -2.47. The smallest absolute Gasteiger partial charge is 0.234 e. The molecule has 1 aromatic rings. The topological polar surface area (TPSA) is 61.8 Å². The molecular weight excluding hydrogens is 256 g/mol. The van der Waals surface area contributed by atoms with Crippen molar-refractivity contribution in [1.82, 2.24) is 10.2 Å². The minimum Gasteiger partial charge on any atom is -0.495 e. The molecule has 1 saturated heterocycles. The van der Waals surface area contributed by atoms with Crippen molar-refractivity contribution in [3.05, 3.63) is 29.3 Å². The molecule has 1 aliphatic heterocycles. The molecule has 1 heterocycles.